The van der Waals surface area contributed by atoms with Crippen LogP contribution in [-0.4, -0.2) is 74.9 Å². The summed E-state index contributed by atoms with van der Waals surface area (Å²) < 4.78 is 35.7. The summed E-state index contributed by atoms with van der Waals surface area (Å²) in [5, 5.41) is 12.3. The minimum absolute atomic E-state index is 0.0513. The number of carbonyl (C=O) groups is 2. The molecular formula is C37H48ClN3O6S. The quantitative estimate of drug-likeness (QED) is 0.407. The topological polar surface area (TPSA) is 116 Å². The third-order valence-electron chi connectivity index (χ3n) is 11.7. The number of rotatable bonds is 2. The van der Waals surface area contributed by atoms with Crippen LogP contribution >= 0.6 is 11.6 Å². The predicted molar refractivity (Wildman–Crippen MR) is 188 cm³/mol. The van der Waals surface area contributed by atoms with Crippen molar-refractivity contribution in [3.05, 3.63) is 70.3 Å². The second-order valence-electron chi connectivity index (χ2n) is 14.9. The zero-order chi connectivity index (χ0) is 34.6. The molecule has 6 rings (SSSR count). The van der Waals surface area contributed by atoms with Crippen molar-refractivity contribution in [1.29, 1.82) is 0 Å². The first-order valence-corrected chi connectivity index (χ1v) is 19.1. The normalized spacial score (nSPS) is 32.7. The number of hydrogen-bond donors (Lipinski definition) is 2. The third-order valence-corrected chi connectivity index (χ3v) is 13.8. The summed E-state index contributed by atoms with van der Waals surface area (Å²) in [5.74, 6) is -1.44. The number of ether oxygens (including phenoxy) is 1. The highest BCUT2D eigenvalue weighted by Crippen LogP contribution is 2.50. The van der Waals surface area contributed by atoms with Crippen LogP contribution in [0, 0.1) is 23.7 Å². The van der Waals surface area contributed by atoms with Crippen molar-refractivity contribution in [1.82, 2.24) is 9.62 Å². The Morgan fingerprint density at radius 2 is 1.94 bits per heavy atom. The standard InChI is InChI=1S/C37H48ClN3O6S/c1-23-8-6-17-37(44,24(2)35(43)40(4)5)31-13-10-28(31)20-41-21-36(16-7-9-26-18-29(38)12-14-30(26)36)22-47-33-15-11-27(19-32(33)41)34(42)39-48(45,46)25(23)3/h6,11-12,14-15,17-19,23-25,28,31,44H,7-10,13,16,20-22H2,1-5H3,(H,39,42)/b17-6-/t23-,24-,25+,28-,31+,36-,37-/m0/s1. The Morgan fingerprint density at radius 3 is 2.65 bits per heavy atom. The van der Waals surface area contributed by atoms with Crippen molar-refractivity contribution in [3.8, 4) is 5.75 Å². The number of allylic oxidation sites excluding steroid dienone is 1. The average Bonchev–Trinajstić information content (AvgIpc) is 3.17. The van der Waals surface area contributed by atoms with E-state index in [1.807, 2.05) is 25.1 Å². The van der Waals surface area contributed by atoms with Gasteiger partial charge in [-0.05, 0) is 105 Å². The van der Waals surface area contributed by atoms with Gasteiger partial charge in [-0.3, -0.25) is 9.59 Å². The maximum absolute atomic E-state index is 13.5. The number of nitrogens with zero attached hydrogens (tertiary/aromatic N) is 2. The van der Waals surface area contributed by atoms with Crippen LogP contribution in [0.15, 0.2) is 48.6 Å². The van der Waals surface area contributed by atoms with Crippen LogP contribution in [0.4, 0.5) is 5.69 Å². The van der Waals surface area contributed by atoms with Gasteiger partial charge in [0.25, 0.3) is 5.91 Å². The largest absolute Gasteiger partial charge is 0.490 e. The Hall–Kier alpha value is -3.08. The van der Waals surface area contributed by atoms with Gasteiger partial charge in [-0.1, -0.05) is 43.7 Å². The minimum atomic E-state index is -4.03. The molecular weight excluding hydrogens is 650 g/mol. The van der Waals surface area contributed by atoms with Crippen molar-refractivity contribution in [3.63, 3.8) is 0 Å². The Balaban J connectivity index is 1.47. The van der Waals surface area contributed by atoms with E-state index in [2.05, 4.69) is 15.7 Å². The molecule has 2 bridgehead atoms. The summed E-state index contributed by atoms with van der Waals surface area (Å²) in [6.07, 6.45) is 8.36. The Bertz CT molecular complexity index is 1730. The zero-order valence-corrected chi connectivity index (χ0v) is 30.1. The van der Waals surface area contributed by atoms with Gasteiger partial charge >= 0.3 is 0 Å². The highest BCUT2D eigenvalue weighted by molar-refractivity contribution is 7.90. The lowest BCUT2D eigenvalue weighted by atomic mass is 9.60. The van der Waals surface area contributed by atoms with Gasteiger partial charge in [-0.15, -0.1) is 0 Å². The van der Waals surface area contributed by atoms with Crippen LogP contribution in [0.3, 0.4) is 0 Å². The van der Waals surface area contributed by atoms with Gasteiger partial charge < -0.3 is 19.6 Å². The second-order valence-corrected chi connectivity index (χ2v) is 17.3. The van der Waals surface area contributed by atoms with Crippen LogP contribution in [0.2, 0.25) is 5.02 Å². The molecule has 0 unspecified atom stereocenters. The summed E-state index contributed by atoms with van der Waals surface area (Å²) in [6, 6.07) is 11.2. The van der Waals surface area contributed by atoms with Gasteiger partial charge in [0.1, 0.15) is 5.75 Å². The maximum atomic E-state index is 13.5. The molecule has 48 heavy (non-hydrogen) atoms. The molecule has 1 fully saturated rings. The van der Waals surface area contributed by atoms with E-state index in [1.54, 1.807) is 52.2 Å². The van der Waals surface area contributed by atoms with Gasteiger partial charge in [0.15, 0.2) is 0 Å². The summed E-state index contributed by atoms with van der Waals surface area (Å²) in [4.78, 5) is 30.7. The lowest BCUT2D eigenvalue weighted by Crippen LogP contribution is -2.57. The Morgan fingerprint density at radius 1 is 1.17 bits per heavy atom. The second kappa shape index (κ2) is 13.0. The van der Waals surface area contributed by atoms with E-state index < -0.39 is 32.7 Å². The molecule has 260 valence electrons. The number of sulfonamides is 1. The number of carbonyl (C=O) groups excluding carboxylic acids is 2. The summed E-state index contributed by atoms with van der Waals surface area (Å²) in [7, 11) is -0.633. The van der Waals surface area contributed by atoms with E-state index in [1.165, 1.54) is 16.0 Å². The van der Waals surface area contributed by atoms with Gasteiger partial charge in [-0.2, -0.15) is 0 Å². The fraction of sp³-hybridized carbons (Fsp3) is 0.568. The average molecular weight is 698 g/mol. The fourth-order valence-corrected chi connectivity index (χ4v) is 9.84. The number of aryl methyl sites for hydroxylation is 1. The van der Waals surface area contributed by atoms with E-state index in [0.29, 0.717) is 42.6 Å². The number of aliphatic hydroxyl groups is 1. The summed E-state index contributed by atoms with van der Waals surface area (Å²) >= 11 is 6.43. The molecule has 2 aliphatic heterocycles. The molecule has 2 aliphatic carbocycles. The molecule has 1 spiro atoms. The minimum Gasteiger partial charge on any atom is -0.490 e. The molecule has 1 saturated carbocycles. The van der Waals surface area contributed by atoms with Gasteiger partial charge in [0.2, 0.25) is 15.9 Å². The van der Waals surface area contributed by atoms with Crippen LogP contribution in [0.25, 0.3) is 0 Å². The number of halogens is 1. The van der Waals surface area contributed by atoms with Crippen molar-refractivity contribution < 1.29 is 27.9 Å². The van der Waals surface area contributed by atoms with E-state index in [0.717, 1.165) is 32.1 Å². The van der Waals surface area contributed by atoms with Crippen molar-refractivity contribution >= 4 is 39.1 Å². The molecule has 0 saturated heterocycles. The first-order chi connectivity index (χ1) is 22.6. The highest BCUT2D eigenvalue weighted by atomic mass is 35.5. The highest BCUT2D eigenvalue weighted by Gasteiger charge is 2.52. The van der Waals surface area contributed by atoms with Gasteiger partial charge in [0, 0.05) is 43.2 Å². The lowest BCUT2D eigenvalue weighted by molar-refractivity contribution is -0.147. The van der Waals surface area contributed by atoms with Crippen LogP contribution in [-0.2, 0) is 26.7 Å². The molecule has 2 N–H and O–H groups in total. The van der Waals surface area contributed by atoms with E-state index in [4.69, 9.17) is 16.3 Å². The van der Waals surface area contributed by atoms with Crippen LogP contribution in [0.1, 0.15) is 74.4 Å². The number of anilines is 1. The number of nitrogens with one attached hydrogen (secondary N) is 1. The molecule has 0 radical (unpaired) electrons. The monoisotopic (exact) mass is 697 g/mol. The van der Waals surface area contributed by atoms with Crippen molar-refractivity contribution in [2.75, 3.05) is 38.7 Å². The third kappa shape index (κ3) is 6.24. The van der Waals surface area contributed by atoms with E-state index in [-0.39, 0.29) is 34.6 Å². The van der Waals surface area contributed by atoms with Crippen molar-refractivity contribution in [2.24, 2.45) is 23.7 Å². The molecule has 2 heterocycles. The number of benzene rings is 2. The number of amides is 2. The predicted octanol–water partition coefficient (Wildman–Crippen LogP) is 5.34. The zero-order valence-electron chi connectivity index (χ0n) is 28.5. The van der Waals surface area contributed by atoms with E-state index >= 15 is 0 Å². The Kier molecular flexibility index (Phi) is 9.41. The molecule has 11 heteroatoms. The van der Waals surface area contributed by atoms with E-state index in [9.17, 15) is 23.1 Å². The SMILES string of the molecule is C[C@@H]1[C@@H](C)C/C=C\[C@](O)([C@@H](C)C(=O)N(C)C)[C@@H]2CC[C@H]2CN2C[C@@]3(CCCc4cc(Cl)ccc43)COc3ccc(cc32)C(=O)NS1(=O)=O. The van der Waals surface area contributed by atoms with Gasteiger partial charge in [-0.25, -0.2) is 13.1 Å². The summed E-state index contributed by atoms with van der Waals surface area (Å²) in [5.41, 5.74) is 1.59. The molecule has 0 aromatic heterocycles. The molecule has 2 aromatic carbocycles. The van der Waals surface area contributed by atoms with Crippen LogP contribution in [0.5, 0.6) is 5.75 Å². The molecule has 2 amide bonds. The number of fused-ring (bicyclic) bond motifs is 4. The van der Waals surface area contributed by atoms with Gasteiger partial charge in [0.05, 0.1) is 29.1 Å². The smallest absolute Gasteiger partial charge is 0.264 e. The lowest BCUT2D eigenvalue weighted by Gasteiger charge is -2.51. The summed E-state index contributed by atoms with van der Waals surface area (Å²) in [6.45, 7) is 6.80. The first kappa shape index (κ1) is 34.8. The van der Waals surface area contributed by atoms with Crippen LogP contribution < -0.4 is 14.4 Å². The number of hydrogen-bond acceptors (Lipinski definition) is 7. The first-order valence-electron chi connectivity index (χ1n) is 17.1. The Labute approximate surface area is 289 Å². The molecule has 4 aliphatic rings. The van der Waals surface area contributed by atoms with Crippen molar-refractivity contribution in [2.45, 2.75) is 75.6 Å². The fourth-order valence-electron chi connectivity index (χ4n) is 8.36. The molecule has 9 nitrogen and oxygen atoms in total. The maximum Gasteiger partial charge on any atom is 0.264 e. The molecule has 7 atom stereocenters. The molecule has 2 aromatic rings.